The highest BCUT2D eigenvalue weighted by molar-refractivity contribution is 5.84. The summed E-state index contributed by atoms with van der Waals surface area (Å²) < 4.78 is 10.9. The lowest BCUT2D eigenvalue weighted by atomic mass is 10.1. The Balaban J connectivity index is 1.69. The second-order valence-corrected chi connectivity index (χ2v) is 5.59. The summed E-state index contributed by atoms with van der Waals surface area (Å²) in [6.45, 7) is 3.39. The van der Waals surface area contributed by atoms with Crippen molar-refractivity contribution in [2.45, 2.75) is 13.3 Å². The third-order valence-corrected chi connectivity index (χ3v) is 3.99. The summed E-state index contributed by atoms with van der Waals surface area (Å²) in [5.74, 6) is 1.65. The van der Waals surface area contributed by atoms with Crippen LogP contribution >= 0.6 is 0 Å². The molecule has 0 saturated carbocycles. The van der Waals surface area contributed by atoms with Gasteiger partial charge in [0, 0.05) is 41.5 Å². The monoisotopic (exact) mass is 325 g/mol. The fourth-order valence-corrected chi connectivity index (χ4v) is 2.79. The summed E-state index contributed by atoms with van der Waals surface area (Å²) >= 11 is 0. The predicted octanol–water partition coefficient (Wildman–Crippen LogP) is 3.81. The van der Waals surface area contributed by atoms with Crippen LogP contribution < -0.4 is 20.5 Å². The first-order chi connectivity index (χ1) is 11.7. The maximum Gasteiger partial charge on any atom is 0.144 e. The number of aromatic amines is 1. The standard InChI is InChI=1S/C19H23N3O2/c1-3-24-19-10-14(20)4-7-17(19)21-9-8-13-12-22-18-11-15(23-2)5-6-16(13)18/h4-7,10-12,21-22H,3,8-9,20H2,1-2H3. The Hall–Kier alpha value is -2.82. The molecule has 2 aromatic carbocycles. The van der Waals surface area contributed by atoms with E-state index in [1.165, 1.54) is 10.9 Å². The molecule has 0 aliphatic carbocycles. The van der Waals surface area contributed by atoms with E-state index in [0.29, 0.717) is 12.3 Å². The number of aromatic nitrogens is 1. The zero-order valence-electron chi connectivity index (χ0n) is 14.1. The number of hydrogen-bond donors (Lipinski definition) is 3. The second-order valence-electron chi connectivity index (χ2n) is 5.59. The molecule has 1 heterocycles. The lowest BCUT2D eigenvalue weighted by Crippen LogP contribution is -2.07. The predicted molar refractivity (Wildman–Crippen MR) is 99.1 cm³/mol. The molecule has 0 atom stereocenters. The van der Waals surface area contributed by atoms with E-state index in [2.05, 4.69) is 22.6 Å². The van der Waals surface area contributed by atoms with Crippen LogP contribution in [0.5, 0.6) is 11.5 Å². The molecule has 24 heavy (non-hydrogen) atoms. The van der Waals surface area contributed by atoms with Crippen molar-refractivity contribution in [3.63, 3.8) is 0 Å². The van der Waals surface area contributed by atoms with Crippen molar-refractivity contribution < 1.29 is 9.47 Å². The molecule has 0 aliphatic rings. The van der Waals surface area contributed by atoms with Gasteiger partial charge in [0.1, 0.15) is 11.5 Å². The van der Waals surface area contributed by atoms with Crippen molar-refractivity contribution in [1.82, 2.24) is 4.98 Å². The van der Waals surface area contributed by atoms with Crippen LogP contribution in [0.1, 0.15) is 12.5 Å². The zero-order chi connectivity index (χ0) is 16.9. The number of nitrogens with one attached hydrogen (secondary N) is 2. The van der Waals surface area contributed by atoms with Crippen LogP contribution in [0.2, 0.25) is 0 Å². The maximum absolute atomic E-state index is 5.83. The van der Waals surface area contributed by atoms with Crippen molar-refractivity contribution in [3.05, 3.63) is 48.2 Å². The smallest absolute Gasteiger partial charge is 0.144 e. The minimum atomic E-state index is 0.614. The third-order valence-electron chi connectivity index (χ3n) is 3.99. The lowest BCUT2D eigenvalue weighted by Gasteiger charge is -2.13. The molecule has 0 radical (unpaired) electrons. The SMILES string of the molecule is CCOc1cc(N)ccc1NCCc1c[nH]c2cc(OC)ccc12. The van der Waals surface area contributed by atoms with Crippen LogP contribution in [0.15, 0.2) is 42.6 Å². The first kappa shape index (κ1) is 16.1. The Morgan fingerprint density at radius 3 is 2.83 bits per heavy atom. The fraction of sp³-hybridized carbons (Fsp3) is 0.263. The Morgan fingerprint density at radius 1 is 1.17 bits per heavy atom. The fourth-order valence-electron chi connectivity index (χ4n) is 2.79. The molecule has 1 aromatic heterocycles. The molecule has 0 bridgehead atoms. The largest absolute Gasteiger partial charge is 0.497 e. The molecular formula is C19H23N3O2. The van der Waals surface area contributed by atoms with Crippen LogP contribution in [0, 0.1) is 0 Å². The molecule has 5 heteroatoms. The number of nitrogens with two attached hydrogens (primary N) is 1. The minimum absolute atomic E-state index is 0.614. The highest BCUT2D eigenvalue weighted by Gasteiger charge is 2.07. The van der Waals surface area contributed by atoms with Crippen LogP contribution in [-0.2, 0) is 6.42 Å². The van der Waals surface area contributed by atoms with Gasteiger partial charge in [-0.3, -0.25) is 0 Å². The van der Waals surface area contributed by atoms with Crippen molar-refractivity contribution in [3.8, 4) is 11.5 Å². The van der Waals surface area contributed by atoms with Gasteiger partial charge in [-0.05, 0) is 43.2 Å². The minimum Gasteiger partial charge on any atom is -0.497 e. The highest BCUT2D eigenvalue weighted by atomic mass is 16.5. The summed E-state index contributed by atoms with van der Waals surface area (Å²) in [6, 6.07) is 11.8. The molecule has 0 fully saturated rings. The van der Waals surface area contributed by atoms with Gasteiger partial charge >= 0.3 is 0 Å². The molecule has 3 rings (SSSR count). The van der Waals surface area contributed by atoms with E-state index < -0.39 is 0 Å². The molecule has 0 unspecified atom stereocenters. The first-order valence-electron chi connectivity index (χ1n) is 8.11. The third kappa shape index (κ3) is 3.40. The number of rotatable bonds is 7. The van der Waals surface area contributed by atoms with Crippen molar-refractivity contribution >= 4 is 22.3 Å². The molecule has 126 valence electrons. The topological polar surface area (TPSA) is 72.3 Å². The van der Waals surface area contributed by atoms with Gasteiger partial charge in [-0.2, -0.15) is 0 Å². The molecule has 0 aliphatic heterocycles. The average molecular weight is 325 g/mol. The second kappa shape index (κ2) is 7.17. The van der Waals surface area contributed by atoms with Crippen molar-refractivity contribution in [2.24, 2.45) is 0 Å². The van der Waals surface area contributed by atoms with Gasteiger partial charge in [-0.1, -0.05) is 0 Å². The van der Waals surface area contributed by atoms with E-state index in [-0.39, 0.29) is 0 Å². The van der Waals surface area contributed by atoms with Gasteiger partial charge in [0.25, 0.3) is 0 Å². The molecular weight excluding hydrogens is 302 g/mol. The summed E-state index contributed by atoms with van der Waals surface area (Å²) in [5.41, 5.74) is 9.86. The van der Waals surface area contributed by atoms with Crippen molar-refractivity contribution in [2.75, 3.05) is 31.3 Å². The summed E-state index contributed by atoms with van der Waals surface area (Å²) in [5, 5.41) is 4.65. The number of fused-ring (bicyclic) bond motifs is 1. The van der Waals surface area contributed by atoms with Crippen LogP contribution in [0.25, 0.3) is 10.9 Å². The van der Waals surface area contributed by atoms with Crippen LogP contribution in [0.4, 0.5) is 11.4 Å². The number of nitrogen functional groups attached to an aromatic ring is 1. The first-order valence-corrected chi connectivity index (χ1v) is 8.11. The van der Waals surface area contributed by atoms with Gasteiger partial charge in [0.2, 0.25) is 0 Å². The van der Waals surface area contributed by atoms with Gasteiger partial charge in [0.15, 0.2) is 0 Å². The Labute approximate surface area is 141 Å². The number of benzene rings is 2. The van der Waals surface area contributed by atoms with E-state index in [1.54, 1.807) is 7.11 Å². The van der Waals surface area contributed by atoms with Crippen LogP contribution in [0.3, 0.4) is 0 Å². The average Bonchev–Trinajstić information content (AvgIpc) is 2.99. The molecule has 5 nitrogen and oxygen atoms in total. The van der Waals surface area contributed by atoms with E-state index in [0.717, 1.165) is 35.7 Å². The lowest BCUT2D eigenvalue weighted by molar-refractivity contribution is 0.342. The van der Waals surface area contributed by atoms with Gasteiger partial charge < -0.3 is 25.5 Å². The zero-order valence-corrected chi connectivity index (χ0v) is 14.1. The summed E-state index contributed by atoms with van der Waals surface area (Å²) in [4.78, 5) is 3.30. The quantitative estimate of drug-likeness (QED) is 0.578. The van der Waals surface area contributed by atoms with E-state index in [4.69, 9.17) is 15.2 Å². The summed E-state index contributed by atoms with van der Waals surface area (Å²) in [6.07, 6.45) is 2.96. The van der Waals surface area contributed by atoms with E-state index in [1.807, 2.05) is 37.3 Å². The molecule has 3 aromatic rings. The Morgan fingerprint density at radius 2 is 2.04 bits per heavy atom. The number of methoxy groups -OCH3 is 1. The normalized spacial score (nSPS) is 10.8. The van der Waals surface area contributed by atoms with E-state index >= 15 is 0 Å². The maximum atomic E-state index is 5.83. The van der Waals surface area contributed by atoms with Gasteiger partial charge in [0.05, 0.1) is 19.4 Å². The number of hydrogen-bond acceptors (Lipinski definition) is 4. The number of anilines is 2. The molecule has 0 spiro atoms. The van der Waals surface area contributed by atoms with Gasteiger partial charge in [-0.25, -0.2) is 0 Å². The number of ether oxygens (including phenoxy) is 2. The van der Waals surface area contributed by atoms with E-state index in [9.17, 15) is 0 Å². The van der Waals surface area contributed by atoms with Crippen LogP contribution in [-0.4, -0.2) is 25.2 Å². The van der Waals surface area contributed by atoms with Crippen molar-refractivity contribution in [1.29, 1.82) is 0 Å². The molecule has 0 amide bonds. The number of H-pyrrole nitrogens is 1. The summed E-state index contributed by atoms with van der Waals surface area (Å²) in [7, 11) is 1.68. The Bertz CT molecular complexity index is 827. The molecule has 0 saturated heterocycles. The van der Waals surface area contributed by atoms with Gasteiger partial charge in [-0.15, -0.1) is 0 Å². The Kier molecular flexibility index (Phi) is 4.79. The highest BCUT2D eigenvalue weighted by Crippen LogP contribution is 2.28. The molecule has 4 N–H and O–H groups in total.